The number of nitriles is 1. The van der Waals surface area contributed by atoms with E-state index in [1.54, 1.807) is 18.7 Å². The zero-order valence-corrected chi connectivity index (χ0v) is 19.9. The first kappa shape index (κ1) is 23.5. The predicted molar refractivity (Wildman–Crippen MR) is 119 cm³/mol. The standard InChI is InChI=1S/C24H35N5O4/c1-12(2)20(30)28-18(13-5-6-13)23(33)29-11-16-17(24(16,3)4)19(29)22(32)27-15(10-25)9-14-7-8-26-21(14)31/h12-19H,5-9,11H2,1-4H3,(H,26,31)(H,27,32)(H,28,30)/t14-,15-,16-,17-,18-,19-/m0/s1. The molecule has 3 N–H and O–H groups in total. The lowest BCUT2D eigenvalue weighted by atomic mass is 9.97. The third-order valence-electron chi connectivity index (χ3n) is 8.10. The van der Waals surface area contributed by atoms with Crippen molar-refractivity contribution in [2.24, 2.45) is 35.0 Å². The summed E-state index contributed by atoms with van der Waals surface area (Å²) in [6, 6.07) is 0.0557. The van der Waals surface area contributed by atoms with Gasteiger partial charge in [0, 0.05) is 24.9 Å². The highest BCUT2D eigenvalue weighted by molar-refractivity contribution is 5.94. The van der Waals surface area contributed by atoms with Gasteiger partial charge in [-0.2, -0.15) is 5.26 Å². The molecule has 9 nitrogen and oxygen atoms in total. The van der Waals surface area contributed by atoms with Crippen LogP contribution >= 0.6 is 0 Å². The van der Waals surface area contributed by atoms with E-state index in [-0.39, 0.29) is 65.1 Å². The Bertz CT molecular complexity index is 890. The molecule has 0 aromatic carbocycles. The average Bonchev–Trinajstić information content (AvgIpc) is 3.56. The highest BCUT2D eigenvalue weighted by Gasteiger charge is 2.69. The number of hydrogen-bond donors (Lipinski definition) is 3. The molecule has 2 saturated carbocycles. The van der Waals surface area contributed by atoms with Crippen molar-refractivity contribution >= 4 is 23.6 Å². The normalized spacial score (nSPS) is 31.3. The molecule has 0 unspecified atom stereocenters. The van der Waals surface area contributed by atoms with Gasteiger partial charge < -0.3 is 20.9 Å². The topological polar surface area (TPSA) is 131 Å². The second kappa shape index (κ2) is 8.62. The molecule has 9 heteroatoms. The second-order valence-corrected chi connectivity index (χ2v) is 11.1. The van der Waals surface area contributed by atoms with Crippen molar-refractivity contribution in [2.45, 2.75) is 71.5 Å². The van der Waals surface area contributed by atoms with Gasteiger partial charge in [0.05, 0.1) is 6.07 Å². The summed E-state index contributed by atoms with van der Waals surface area (Å²) in [6.07, 6.45) is 2.69. The third kappa shape index (κ3) is 4.44. The highest BCUT2D eigenvalue weighted by atomic mass is 16.2. The Balaban J connectivity index is 1.48. The quantitative estimate of drug-likeness (QED) is 0.490. The first-order valence-electron chi connectivity index (χ1n) is 12.1. The maximum atomic E-state index is 13.6. The fraction of sp³-hybridized carbons (Fsp3) is 0.792. The molecule has 33 heavy (non-hydrogen) atoms. The smallest absolute Gasteiger partial charge is 0.246 e. The third-order valence-corrected chi connectivity index (χ3v) is 8.10. The van der Waals surface area contributed by atoms with E-state index in [2.05, 4.69) is 35.9 Å². The number of amides is 4. The Morgan fingerprint density at radius 1 is 1.21 bits per heavy atom. The second-order valence-electron chi connectivity index (χ2n) is 11.1. The minimum atomic E-state index is -0.788. The van der Waals surface area contributed by atoms with Crippen LogP contribution in [0.4, 0.5) is 0 Å². The van der Waals surface area contributed by atoms with Gasteiger partial charge in [0.15, 0.2) is 0 Å². The summed E-state index contributed by atoms with van der Waals surface area (Å²) in [5, 5.41) is 18.1. The Labute approximate surface area is 195 Å². The molecule has 4 fully saturated rings. The lowest BCUT2D eigenvalue weighted by Crippen LogP contribution is -2.57. The van der Waals surface area contributed by atoms with Crippen LogP contribution in [0.3, 0.4) is 0 Å². The SMILES string of the molecule is CC(C)C(=O)N[C@H](C(=O)N1C[C@H]2[C@@H]([C@H]1C(=O)N[C@H](C#N)C[C@@H]1CCNC1=O)C2(C)C)C1CC1. The monoisotopic (exact) mass is 457 g/mol. The number of hydrogen-bond acceptors (Lipinski definition) is 5. The van der Waals surface area contributed by atoms with Crippen molar-refractivity contribution in [2.75, 3.05) is 13.1 Å². The molecule has 2 aliphatic carbocycles. The number of piperidine rings is 1. The van der Waals surface area contributed by atoms with E-state index in [4.69, 9.17) is 0 Å². The fourth-order valence-electron chi connectivity index (χ4n) is 5.68. The number of carbonyl (C=O) groups is 4. The van der Waals surface area contributed by atoms with E-state index in [1.807, 2.05) is 0 Å². The van der Waals surface area contributed by atoms with Gasteiger partial charge in [-0.05, 0) is 48.9 Å². The zero-order valence-electron chi connectivity index (χ0n) is 19.9. The minimum Gasteiger partial charge on any atom is -0.356 e. The molecular formula is C24H35N5O4. The van der Waals surface area contributed by atoms with Crippen LogP contribution in [0.5, 0.6) is 0 Å². The van der Waals surface area contributed by atoms with Crippen LogP contribution in [0.2, 0.25) is 0 Å². The number of carbonyl (C=O) groups excluding carboxylic acids is 4. The van der Waals surface area contributed by atoms with Crippen molar-refractivity contribution in [1.29, 1.82) is 5.26 Å². The van der Waals surface area contributed by atoms with Gasteiger partial charge in [0.1, 0.15) is 18.1 Å². The average molecular weight is 458 g/mol. The maximum absolute atomic E-state index is 13.6. The van der Waals surface area contributed by atoms with E-state index in [1.165, 1.54) is 0 Å². The Morgan fingerprint density at radius 2 is 1.91 bits per heavy atom. The zero-order chi connectivity index (χ0) is 24.1. The summed E-state index contributed by atoms with van der Waals surface area (Å²) in [6.45, 7) is 8.86. The van der Waals surface area contributed by atoms with Crippen molar-refractivity contribution in [3.8, 4) is 6.07 Å². The molecule has 0 aromatic heterocycles. The van der Waals surface area contributed by atoms with Crippen LogP contribution in [0.15, 0.2) is 0 Å². The van der Waals surface area contributed by atoms with Gasteiger partial charge >= 0.3 is 0 Å². The molecule has 4 amide bonds. The van der Waals surface area contributed by atoms with Crippen LogP contribution < -0.4 is 16.0 Å². The van der Waals surface area contributed by atoms with Crippen LogP contribution in [-0.4, -0.2) is 59.7 Å². The largest absolute Gasteiger partial charge is 0.356 e. The summed E-state index contributed by atoms with van der Waals surface area (Å²) in [5.74, 6) is -0.935. The number of nitrogens with zero attached hydrogens (tertiary/aromatic N) is 2. The molecule has 6 atom stereocenters. The highest BCUT2D eigenvalue weighted by Crippen LogP contribution is 2.65. The number of rotatable bonds is 8. The summed E-state index contributed by atoms with van der Waals surface area (Å²) in [7, 11) is 0. The van der Waals surface area contributed by atoms with Crippen molar-refractivity contribution in [3.63, 3.8) is 0 Å². The van der Waals surface area contributed by atoms with Gasteiger partial charge in [0.25, 0.3) is 0 Å². The van der Waals surface area contributed by atoms with Crippen molar-refractivity contribution < 1.29 is 19.2 Å². The van der Waals surface area contributed by atoms with Gasteiger partial charge in [-0.15, -0.1) is 0 Å². The molecule has 180 valence electrons. The van der Waals surface area contributed by atoms with E-state index in [0.29, 0.717) is 19.5 Å². The summed E-state index contributed by atoms with van der Waals surface area (Å²) in [5.41, 5.74) is -0.0531. The van der Waals surface area contributed by atoms with Crippen LogP contribution in [-0.2, 0) is 19.2 Å². The predicted octanol–water partition coefficient (Wildman–Crippen LogP) is 0.555. The number of nitrogens with one attached hydrogen (secondary N) is 3. The molecule has 4 aliphatic rings. The Morgan fingerprint density at radius 3 is 2.45 bits per heavy atom. The van der Waals surface area contributed by atoms with Crippen molar-refractivity contribution in [1.82, 2.24) is 20.9 Å². The van der Waals surface area contributed by atoms with Gasteiger partial charge in [-0.25, -0.2) is 0 Å². The van der Waals surface area contributed by atoms with Crippen LogP contribution in [0.25, 0.3) is 0 Å². The number of fused-ring (bicyclic) bond motifs is 1. The van der Waals surface area contributed by atoms with E-state index in [0.717, 1.165) is 12.8 Å². The molecule has 0 bridgehead atoms. The molecule has 4 rings (SSSR count). The fourth-order valence-corrected chi connectivity index (χ4v) is 5.68. The maximum Gasteiger partial charge on any atom is 0.246 e. The van der Waals surface area contributed by atoms with E-state index >= 15 is 0 Å². The van der Waals surface area contributed by atoms with Gasteiger partial charge in [-0.3, -0.25) is 19.2 Å². The van der Waals surface area contributed by atoms with Crippen molar-refractivity contribution in [3.05, 3.63) is 0 Å². The first-order valence-corrected chi connectivity index (χ1v) is 12.1. The molecule has 0 aromatic rings. The van der Waals surface area contributed by atoms with Gasteiger partial charge in [-0.1, -0.05) is 27.7 Å². The van der Waals surface area contributed by atoms with Crippen LogP contribution in [0.1, 0.15) is 53.4 Å². The lowest BCUT2D eigenvalue weighted by Gasteiger charge is -2.33. The van der Waals surface area contributed by atoms with Gasteiger partial charge in [0.2, 0.25) is 23.6 Å². The summed E-state index contributed by atoms with van der Waals surface area (Å²) < 4.78 is 0. The molecule has 0 radical (unpaired) electrons. The molecule has 2 aliphatic heterocycles. The molecule has 2 saturated heterocycles. The molecule has 0 spiro atoms. The lowest BCUT2D eigenvalue weighted by molar-refractivity contribution is -0.144. The summed E-state index contributed by atoms with van der Waals surface area (Å²) in [4.78, 5) is 52.9. The minimum absolute atomic E-state index is 0.0243. The van der Waals surface area contributed by atoms with Crippen LogP contribution in [0, 0.1) is 46.3 Å². The number of likely N-dealkylation sites (tertiary alicyclic amines) is 1. The Kier molecular flexibility index (Phi) is 6.14. The molecule has 2 heterocycles. The Hall–Kier alpha value is -2.63. The summed E-state index contributed by atoms with van der Waals surface area (Å²) >= 11 is 0. The first-order chi connectivity index (χ1) is 15.6. The van der Waals surface area contributed by atoms with E-state index < -0.39 is 18.1 Å². The molecular weight excluding hydrogens is 422 g/mol. The van der Waals surface area contributed by atoms with E-state index in [9.17, 15) is 24.4 Å².